The predicted octanol–water partition coefficient (Wildman–Crippen LogP) is 6.77. The van der Waals surface area contributed by atoms with E-state index in [0.717, 1.165) is 17.9 Å². The molecule has 180 valence electrons. The second kappa shape index (κ2) is 8.27. The number of hydrogen-bond acceptors (Lipinski definition) is 3. The first-order valence-corrected chi connectivity index (χ1v) is 13.4. The number of thiophene rings is 1. The molecular formula is C30H32N2O2S. The quantitative estimate of drug-likeness (QED) is 0.283. The van der Waals surface area contributed by atoms with Crippen LogP contribution < -0.4 is 4.74 Å². The van der Waals surface area contributed by atoms with Crippen molar-refractivity contribution in [2.24, 2.45) is 24.8 Å². The van der Waals surface area contributed by atoms with Crippen molar-refractivity contribution in [2.45, 2.75) is 40.2 Å². The molecule has 4 aromatic rings. The highest BCUT2D eigenvalue weighted by molar-refractivity contribution is 7.26. The largest absolute Gasteiger partial charge is 0.488 e. The van der Waals surface area contributed by atoms with Crippen LogP contribution in [-0.2, 0) is 18.3 Å². The smallest absolute Gasteiger partial charge is 0.232 e. The molecule has 2 aliphatic rings. The molecule has 0 radical (unpaired) electrons. The summed E-state index contributed by atoms with van der Waals surface area (Å²) < 4.78 is 11.2. The summed E-state index contributed by atoms with van der Waals surface area (Å²) in [5, 5.41) is 2.46. The Labute approximate surface area is 210 Å². The summed E-state index contributed by atoms with van der Waals surface area (Å²) in [5.41, 5.74) is 5.03. The van der Waals surface area contributed by atoms with E-state index in [-0.39, 0.29) is 11.8 Å². The van der Waals surface area contributed by atoms with Crippen LogP contribution in [0.1, 0.15) is 38.8 Å². The SMILES string of the molecule is CC1=C(COc2cccc3sc4c(Cc5ccn(C)c5)cccc4c23)[C@H](C)[C@@H]2[C@@H](C(C)C)C(=O)N12. The molecule has 35 heavy (non-hydrogen) atoms. The molecule has 2 aromatic heterocycles. The predicted molar refractivity (Wildman–Crippen MR) is 144 cm³/mol. The number of allylic oxidation sites excluding steroid dienone is 1. The summed E-state index contributed by atoms with van der Waals surface area (Å²) >= 11 is 1.85. The molecule has 0 N–H and O–H groups in total. The molecule has 0 saturated carbocycles. The van der Waals surface area contributed by atoms with Gasteiger partial charge in [-0.05, 0) is 47.7 Å². The minimum Gasteiger partial charge on any atom is -0.488 e. The van der Waals surface area contributed by atoms with Crippen molar-refractivity contribution >= 4 is 37.4 Å². The lowest BCUT2D eigenvalue weighted by atomic mass is 9.74. The molecule has 1 fully saturated rings. The Hall–Kier alpha value is -3.05. The number of β-lactam (4-membered cyclic amide) rings is 1. The molecule has 4 heterocycles. The molecule has 5 heteroatoms. The van der Waals surface area contributed by atoms with Crippen LogP contribution >= 0.6 is 11.3 Å². The van der Waals surface area contributed by atoms with Crippen molar-refractivity contribution in [3.05, 3.63) is 77.3 Å². The van der Waals surface area contributed by atoms with E-state index in [1.165, 1.54) is 36.9 Å². The van der Waals surface area contributed by atoms with Crippen molar-refractivity contribution in [2.75, 3.05) is 6.61 Å². The van der Waals surface area contributed by atoms with Gasteiger partial charge in [-0.2, -0.15) is 0 Å². The second-order valence-corrected chi connectivity index (χ2v) is 11.6. The van der Waals surface area contributed by atoms with Crippen molar-refractivity contribution in [1.82, 2.24) is 9.47 Å². The third-order valence-electron chi connectivity index (χ3n) is 8.03. The van der Waals surface area contributed by atoms with E-state index in [2.05, 4.69) is 94.2 Å². The summed E-state index contributed by atoms with van der Waals surface area (Å²) in [5.74, 6) is 2.04. The van der Waals surface area contributed by atoms with Crippen LogP contribution in [0.3, 0.4) is 0 Å². The fraction of sp³-hybridized carbons (Fsp3) is 0.367. The average Bonchev–Trinajstić information content (AvgIpc) is 3.46. The monoisotopic (exact) mass is 484 g/mol. The zero-order valence-electron chi connectivity index (χ0n) is 21.0. The Balaban J connectivity index is 1.32. The molecule has 2 aromatic carbocycles. The van der Waals surface area contributed by atoms with Gasteiger partial charge in [0.1, 0.15) is 12.4 Å². The molecule has 4 nitrogen and oxygen atoms in total. The summed E-state index contributed by atoms with van der Waals surface area (Å²) in [6.45, 7) is 9.18. The van der Waals surface area contributed by atoms with E-state index in [1.807, 2.05) is 16.2 Å². The number of nitrogens with zero attached hydrogens (tertiary/aromatic N) is 2. The molecule has 2 aliphatic heterocycles. The Kier molecular flexibility index (Phi) is 5.29. The maximum absolute atomic E-state index is 12.8. The first-order chi connectivity index (χ1) is 16.8. The minimum atomic E-state index is 0.129. The van der Waals surface area contributed by atoms with Gasteiger partial charge in [0.15, 0.2) is 0 Å². The van der Waals surface area contributed by atoms with Crippen LogP contribution in [0.4, 0.5) is 0 Å². The lowest BCUT2D eigenvalue weighted by Crippen LogP contribution is -2.61. The highest BCUT2D eigenvalue weighted by Gasteiger charge is 2.56. The van der Waals surface area contributed by atoms with Gasteiger partial charge in [0.2, 0.25) is 5.91 Å². The highest BCUT2D eigenvalue weighted by Crippen LogP contribution is 2.48. The van der Waals surface area contributed by atoms with Gasteiger partial charge in [-0.25, -0.2) is 0 Å². The lowest BCUT2D eigenvalue weighted by molar-refractivity contribution is -0.155. The van der Waals surface area contributed by atoms with E-state index >= 15 is 0 Å². The number of carbonyl (C=O) groups excluding carboxylic acids is 1. The highest BCUT2D eigenvalue weighted by atomic mass is 32.1. The third-order valence-corrected chi connectivity index (χ3v) is 9.28. The van der Waals surface area contributed by atoms with E-state index in [9.17, 15) is 4.79 Å². The van der Waals surface area contributed by atoms with Crippen LogP contribution in [0.2, 0.25) is 0 Å². The Bertz CT molecular complexity index is 1490. The molecular weight excluding hydrogens is 452 g/mol. The number of carbonyl (C=O) groups is 1. The molecule has 0 bridgehead atoms. The topological polar surface area (TPSA) is 34.5 Å². The summed E-state index contributed by atoms with van der Waals surface area (Å²) in [6, 6.07) is 15.5. The Morgan fingerprint density at radius 3 is 2.66 bits per heavy atom. The lowest BCUT2D eigenvalue weighted by Gasteiger charge is -2.47. The van der Waals surface area contributed by atoms with Crippen LogP contribution in [0.5, 0.6) is 5.75 Å². The minimum absolute atomic E-state index is 0.129. The Morgan fingerprint density at radius 1 is 1.11 bits per heavy atom. The van der Waals surface area contributed by atoms with Gasteiger partial charge in [-0.1, -0.05) is 45.0 Å². The van der Waals surface area contributed by atoms with Gasteiger partial charge in [0, 0.05) is 57.6 Å². The number of rotatable bonds is 6. The van der Waals surface area contributed by atoms with Crippen molar-refractivity contribution in [3.63, 3.8) is 0 Å². The van der Waals surface area contributed by atoms with E-state index in [1.54, 1.807) is 0 Å². The number of fused-ring (bicyclic) bond motifs is 4. The standard InChI is InChI=1S/C30H32N2O2S/c1-17(2)26-28-18(3)23(19(4)32(28)30(26)33)16-34-24-10-7-11-25-27(24)22-9-6-8-21(29(22)35-25)14-20-12-13-31(5)15-20/h6-13,15,17-18,26,28H,14,16H2,1-5H3/t18-,26+,28+/m0/s1. The number of aromatic nitrogens is 1. The average molecular weight is 485 g/mol. The van der Waals surface area contributed by atoms with Gasteiger partial charge in [0.05, 0.1) is 12.0 Å². The second-order valence-electron chi connectivity index (χ2n) is 10.5. The van der Waals surface area contributed by atoms with E-state index < -0.39 is 0 Å². The molecule has 0 unspecified atom stereocenters. The van der Waals surface area contributed by atoms with Crippen molar-refractivity contribution in [3.8, 4) is 5.75 Å². The Morgan fingerprint density at radius 2 is 1.91 bits per heavy atom. The maximum atomic E-state index is 12.8. The molecule has 3 atom stereocenters. The third kappa shape index (κ3) is 3.43. The van der Waals surface area contributed by atoms with Gasteiger partial charge >= 0.3 is 0 Å². The van der Waals surface area contributed by atoms with Crippen LogP contribution in [0.15, 0.2) is 66.1 Å². The zero-order valence-corrected chi connectivity index (χ0v) is 21.9. The molecule has 1 amide bonds. The van der Waals surface area contributed by atoms with Crippen LogP contribution in [0, 0.1) is 17.8 Å². The summed E-state index contributed by atoms with van der Waals surface area (Å²) in [6.07, 6.45) is 5.22. The number of hydrogen-bond donors (Lipinski definition) is 0. The molecule has 1 saturated heterocycles. The van der Waals surface area contributed by atoms with Gasteiger partial charge < -0.3 is 14.2 Å². The van der Waals surface area contributed by atoms with E-state index in [0.29, 0.717) is 24.5 Å². The van der Waals surface area contributed by atoms with Gasteiger partial charge in [0.25, 0.3) is 0 Å². The van der Waals surface area contributed by atoms with Crippen LogP contribution in [0.25, 0.3) is 20.2 Å². The number of aryl methyl sites for hydroxylation is 1. The summed E-state index contributed by atoms with van der Waals surface area (Å²) in [7, 11) is 2.07. The first kappa shape index (κ1) is 22.4. The summed E-state index contributed by atoms with van der Waals surface area (Å²) in [4.78, 5) is 14.8. The number of ether oxygens (including phenoxy) is 1. The number of amides is 1. The number of benzene rings is 2. The fourth-order valence-corrected chi connectivity index (χ4v) is 7.47. The maximum Gasteiger partial charge on any atom is 0.232 e. The van der Waals surface area contributed by atoms with Gasteiger partial charge in [-0.15, -0.1) is 11.3 Å². The molecule has 0 aliphatic carbocycles. The normalized spacial score (nSPS) is 21.9. The van der Waals surface area contributed by atoms with Crippen LogP contribution in [-0.4, -0.2) is 28.0 Å². The van der Waals surface area contributed by atoms with Crippen molar-refractivity contribution in [1.29, 1.82) is 0 Å². The van der Waals surface area contributed by atoms with Gasteiger partial charge in [-0.3, -0.25) is 4.79 Å². The van der Waals surface area contributed by atoms with E-state index in [4.69, 9.17) is 4.74 Å². The van der Waals surface area contributed by atoms with Crippen molar-refractivity contribution < 1.29 is 9.53 Å². The fourth-order valence-electron chi connectivity index (χ4n) is 6.24. The first-order valence-electron chi connectivity index (χ1n) is 12.5. The molecule has 0 spiro atoms. The molecule has 6 rings (SSSR count). The zero-order chi connectivity index (χ0) is 24.4.